The summed E-state index contributed by atoms with van der Waals surface area (Å²) in [5.74, 6) is 0.267. The van der Waals surface area contributed by atoms with Gasteiger partial charge in [-0.05, 0) is 44.1 Å². The third-order valence-corrected chi connectivity index (χ3v) is 4.20. The van der Waals surface area contributed by atoms with Gasteiger partial charge in [0.1, 0.15) is 0 Å². The molecule has 1 saturated carbocycles. The van der Waals surface area contributed by atoms with Gasteiger partial charge in [0.25, 0.3) is 0 Å². The number of fused-ring (bicyclic) bond motifs is 1. The predicted molar refractivity (Wildman–Crippen MR) is 67.7 cm³/mol. The molecule has 0 bridgehead atoms. The minimum absolute atomic E-state index is 0.105. The summed E-state index contributed by atoms with van der Waals surface area (Å²) < 4.78 is 0. The number of rotatable bonds is 2. The largest absolute Gasteiger partial charge is 0.348 e. The summed E-state index contributed by atoms with van der Waals surface area (Å²) in [6, 6.07) is 0.315. The third-order valence-electron chi connectivity index (χ3n) is 4.20. The van der Waals surface area contributed by atoms with Gasteiger partial charge in [-0.15, -0.1) is 0 Å². The molecule has 0 spiro atoms. The van der Waals surface area contributed by atoms with Crippen LogP contribution in [0.5, 0.6) is 0 Å². The zero-order valence-electron chi connectivity index (χ0n) is 10.5. The molecule has 2 aliphatic carbocycles. The van der Waals surface area contributed by atoms with Crippen molar-refractivity contribution < 1.29 is 4.79 Å². The molecular formula is C13H20N4O. The summed E-state index contributed by atoms with van der Waals surface area (Å²) >= 11 is 0. The molecule has 0 saturated heterocycles. The van der Waals surface area contributed by atoms with Crippen LogP contribution in [-0.4, -0.2) is 22.1 Å². The van der Waals surface area contributed by atoms with E-state index in [2.05, 4.69) is 15.5 Å². The monoisotopic (exact) mass is 248 g/mol. The summed E-state index contributed by atoms with van der Waals surface area (Å²) in [5, 5.41) is 10.3. The van der Waals surface area contributed by atoms with Gasteiger partial charge in [-0.25, -0.2) is 0 Å². The van der Waals surface area contributed by atoms with Crippen LogP contribution in [0.1, 0.15) is 49.4 Å². The predicted octanol–water partition coefficient (Wildman–Crippen LogP) is 1.03. The number of hydrogen-bond acceptors (Lipinski definition) is 3. The maximum Gasteiger partial charge on any atom is 0.223 e. The maximum atomic E-state index is 12.2. The van der Waals surface area contributed by atoms with Crippen molar-refractivity contribution in [2.24, 2.45) is 11.7 Å². The molecule has 0 aliphatic heterocycles. The number of aromatic amines is 1. The van der Waals surface area contributed by atoms with Gasteiger partial charge in [0.15, 0.2) is 0 Å². The van der Waals surface area contributed by atoms with Crippen LogP contribution in [0.2, 0.25) is 0 Å². The zero-order chi connectivity index (χ0) is 12.5. The van der Waals surface area contributed by atoms with Crippen molar-refractivity contribution in [3.63, 3.8) is 0 Å². The van der Waals surface area contributed by atoms with Crippen molar-refractivity contribution in [1.82, 2.24) is 15.5 Å². The normalized spacial score (nSPS) is 31.1. The van der Waals surface area contributed by atoms with Gasteiger partial charge in [-0.3, -0.25) is 9.89 Å². The van der Waals surface area contributed by atoms with Crippen molar-refractivity contribution in [3.05, 3.63) is 17.5 Å². The number of aryl methyl sites for hydroxylation is 1. The minimum Gasteiger partial charge on any atom is -0.348 e. The highest BCUT2D eigenvalue weighted by molar-refractivity contribution is 5.79. The van der Waals surface area contributed by atoms with Gasteiger partial charge in [0, 0.05) is 12.0 Å². The molecule has 3 atom stereocenters. The lowest BCUT2D eigenvalue weighted by molar-refractivity contribution is -0.125. The Labute approximate surface area is 107 Å². The number of carbonyl (C=O) groups is 1. The van der Waals surface area contributed by atoms with E-state index in [1.54, 1.807) is 0 Å². The van der Waals surface area contributed by atoms with E-state index >= 15 is 0 Å². The van der Waals surface area contributed by atoms with Gasteiger partial charge in [0.2, 0.25) is 5.91 Å². The number of carbonyl (C=O) groups excluding carboxylic acids is 1. The lowest BCUT2D eigenvalue weighted by atomic mass is 9.93. The Bertz CT molecular complexity index is 442. The van der Waals surface area contributed by atoms with Crippen LogP contribution >= 0.6 is 0 Å². The molecule has 1 aromatic heterocycles. The van der Waals surface area contributed by atoms with Crippen LogP contribution in [0.25, 0.3) is 0 Å². The summed E-state index contributed by atoms with van der Waals surface area (Å²) in [6.45, 7) is 0. The molecule has 1 aromatic rings. The first-order valence-corrected chi connectivity index (χ1v) is 6.82. The molecule has 3 unspecified atom stereocenters. The van der Waals surface area contributed by atoms with E-state index in [-0.39, 0.29) is 23.9 Å². The fourth-order valence-electron chi connectivity index (χ4n) is 3.15. The maximum absolute atomic E-state index is 12.2. The molecule has 0 aromatic carbocycles. The molecule has 18 heavy (non-hydrogen) atoms. The molecule has 4 N–H and O–H groups in total. The van der Waals surface area contributed by atoms with E-state index < -0.39 is 0 Å². The highest BCUT2D eigenvalue weighted by atomic mass is 16.2. The fraction of sp³-hybridized carbons (Fsp3) is 0.692. The number of nitrogens with zero attached hydrogens (tertiary/aromatic N) is 1. The Morgan fingerprint density at radius 1 is 1.44 bits per heavy atom. The Morgan fingerprint density at radius 2 is 2.33 bits per heavy atom. The zero-order valence-corrected chi connectivity index (χ0v) is 10.5. The second-order valence-electron chi connectivity index (χ2n) is 5.53. The first-order valence-electron chi connectivity index (χ1n) is 6.82. The van der Waals surface area contributed by atoms with Crippen LogP contribution in [0, 0.1) is 5.92 Å². The Kier molecular flexibility index (Phi) is 3.07. The van der Waals surface area contributed by atoms with Crippen molar-refractivity contribution >= 4 is 5.91 Å². The number of aromatic nitrogens is 2. The van der Waals surface area contributed by atoms with Crippen molar-refractivity contribution in [1.29, 1.82) is 0 Å². The van der Waals surface area contributed by atoms with Crippen LogP contribution < -0.4 is 11.1 Å². The highest BCUT2D eigenvalue weighted by Crippen LogP contribution is 2.30. The van der Waals surface area contributed by atoms with E-state index in [9.17, 15) is 4.79 Å². The third kappa shape index (κ3) is 2.14. The molecule has 1 fully saturated rings. The Morgan fingerprint density at radius 3 is 3.11 bits per heavy atom. The Balaban J connectivity index is 1.66. The summed E-state index contributed by atoms with van der Waals surface area (Å²) in [7, 11) is 0. The SMILES string of the molecule is NC1CCC(C(=O)NC2CCCc3cn[nH]c32)C1. The quantitative estimate of drug-likeness (QED) is 0.731. The van der Waals surface area contributed by atoms with Gasteiger partial charge >= 0.3 is 0 Å². The highest BCUT2D eigenvalue weighted by Gasteiger charge is 2.30. The van der Waals surface area contributed by atoms with Crippen molar-refractivity contribution in [2.45, 2.75) is 50.6 Å². The number of nitrogens with one attached hydrogen (secondary N) is 2. The van der Waals surface area contributed by atoms with E-state index in [4.69, 9.17) is 5.73 Å². The summed E-state index contributed by atoms with van der Waals surface area (Å²) in [6.07, 6.45) is 7.77. The number of amides is 1. The molecule has 5 nitrogen and oxygen atoms in total. The second-order valence-corrected chi connectivity index (χ2v) is 5.53. The molecule has 0 radical (unpaired) electrons. The van der Waals surface area contributed by atoms with Gasteiger partial charge < -0.3 is 11.1 Å². The average Bonchev–Trinajstić information content (AvgIpc) is 2.97. The fourth-order valence-corrected chi connectivity index (χ4v) is 3.15. The molecule has 98 valence electrons. The standard InChI is InChI=1S/C13H20N4O/c14-10-5-4-8(6-10)13(18)16-11-3-1-2-9-7-15-17-12(9)11/h7-8,10-11H,1-6,14H2,(H,15,17)(H,16,18). The first kappa shape index (κ1) is 11.7. The average molecular weight is 248 g/mol. The molecule has 3 rings (SSSR count). The first-order chi connectivity index (χ1) is 8.74. The molecule has 1 amide bonds. The smallest absolute Gasteiger partial charge is 0.223 e. The number of nitrogens with two attached hydrogens (primary N) is 1. The van der Waals surface area contributed by atoms with Gasteiger partial charge in [0.05, 0.1) is 17.9 Å². The van der Waals surface area contributed by atoms with Crippen LogP contribution in [0.15, 0.2) is 6.20 Å². The van der Waals surface area contributed by atoms with Crippen molar-refractivity contribution in [3.8, 4) is 0 Å². The van der Waals surface area contributed by atoms with Crippen LogP contribution in [-0.2, 0) is 11.2 Å². The topological polar surface area (TPSA) is 83.8 Å². The van der Waals surface area contributed by atoms with Gasteiger partial charge in [-0.1, -0.05) is 0 Å². The Hall–Kier alpha value is -1.36. The molecule has 5 heteroatoms. The van der Waals surface area contributed by atoms with E-state index in [1.165, 1.54) is 5.56 Å². The van der Waals surface area contributed by atoms with E-state index in [0.717, 1.165) is 44.2 Å². The van der Waals surface area contributed by atoms with E-state index in [1.807, 2.05) is 6.20 Å². The molecule has 1 heterocycles. The summed E-state index contributed by atoms with van der Waals surface area (Å²) in [5.41, 5.74) is 8.20. The number of hydrogen-bond donors (Lipinski definition) is 3. The van der Waals surface area contributed by atoms with Crippen LogP contribution in [0.3, 0.4) is 0 Å². The van der Waals surface area contributed by atoms with E-state index in [0.29, 0.717) is 0 Å². The summed E-state index contributed by atoms with van der Waals surface area (Å²) in [4.78, 5) is 12.2. The van der Waals surface area contributed by atoms with Crippen LogP contribution in [0.4, 0.5) is 0 Å². The molecule has 2 aliphatic rings. The number of H-pyrrole nitrogens is 1. The lowest BCUT2D eigenvalue weighted by Gasteiger charge is -2.24. The minimum atomic E-state index is 0.105. The van der Waals surface area contributed by atoms with Gasteiger partial charge in [-0.2, -0.15) is 5.10 Å². The second kappa shape index (κ2) is 4.72. The molecular weight excluding hydrogens is 228 g/mol. The van der Waals surface area contributed by atoms with Crippen molar-refractivity contribution in [2.75, 3.05) is 0 Å². The lowest BCUT2D eigenvalue weighted by Crippen LogP contribution is -2.35.